The van der Waals surface area contributed by atoms with Gasteiger partial charge < -0.3 is 9.73 Å². The first-order valence-electron chi connectivity index (χ1n) is 4.69. The first-order valence-corrected chi connectivity index (χ1v) is 4.69. The van der Waals surface area contributed by atoms with E-state index in [-0.39, 0.29) is 11.7 Å². The third kappa shape index (κ3) is 2.74. The number of hydrogen-bond acceptors (Lipinski definition) is 4. The van der Waals surface area contributed by atoms with Crippen LogP contribution in [0, 0.1) is 6.92 Å². The van der Waals surface area contributed by atoms with E-state index in [2.05, 4.69) is 15.5 Å². The zero-order valence-electron chi connectivity index (χ0n) is 8.75. The lowest BCUT2D eigenvalue weighted by Gasteiger charge is -2.08. The standard InChI is InChI=1S/C10H8F3N3O/c1-6-15-16-9(17-6)14-8-4-2-3-7(5-8)10(11,12)13/h2-5H,1H3,(H,14,16). The number of nitrogens with zero attached hydrogens (tertiary/aromatic N) is 2. The van der Waals surface area contributed by atoms with Crippen molar-refractivity contribution in [2.75, 3.05) is 5.32 Å². The van der Waals surface area contributed by atoms with Crippen LogP contribution in [0.4, 0.5) is 24.9 Å². The third-order valence-electron chi connectivity index (χ3n) is 1.97. The van der Waals surface area contributed by atoms with Gasteiger partial charge in [0, 0.05) is 12.6 Å². The highest BCUT2D eigenvalue weighted by atomic mass is 19.4. The molecule has 1 heterocycles. The van der Waals surface area contributed by atoms with E-state index in [0.717, 1.165) is 12.1 Å². The normalized spacial score (nSPS) is 11.5. The molecule has 0 bridgehead atoms. The van der Waals surface area contributed by atoms with Gasteiger partial charge in [-0.3, -0.25) is 0 Å². The molecule has 0 atom stereocenters. The number of hydrogen-bond donors (Lipinski definition) is 1. The molecule has 0 saturated carbocycles. The van der Waals surface area contributed by atoms with Gasteiger partial charge in [-0.05, 0) is 18.2 Å². The number of aromatic nitrogens is 2. The van der Waals surface area contributed by atoms with Crippen molar-refractivity contribution in [2.45, 2.75) is 13.1 Å². The average Bonchev–Trinajstić information content (AvgIpc) is 2.63. The molecule has 2 rings (SSSR count). The molecule has 0 unspecified atom stereocenters. The molecule has 1 N–H and O–H groups in total. The first-order chi connectivity index (χ1) is 7.95. The maximum atomic E-state index is 12.4. The summed E-state index contributed by atoms with van der Waals surface area (Å²) in [5.74, 6) is 0.333. The van der Waals surface area contributed by atoms with Gasteiger partial charge in [-0.15, -0.1) is 5.10 Å². The summed E-state index contributed by atoms with van der Waals surface area (Å²) < 4.78 is 42.3. The lowest BCUT2D eigenvalue weighted by molar-refractivity contribution is -0.137. The Bertz CT molecular complexity index is 522. The second-order valence-electron chi connectivity index (χ2n) is 3.33. The van der Waals surface area contributed by atoms with Crippen molar-refractivity contribution in [1.29, 1.82) is 0 Å². The molecule has 0 aliphatic heterocycles. The summed E-state index contributed by atoms with van der Waals surface area (Å²) in [5.41, 5.74) is -0.498. The number of alkyl halides is 3. The number of benzene rings is 1. The maximum Gasteiger partial charge on any atom is 0.416 e. The minimum Gasteiger partial charge on any atom is -0.408 e. The molecule has 0 aliphatic rings. The van der Waals surface area contributed by atoms with Gasteiger partial charge >= 0.3 is 12.2 Å². The Labute approximate surface area is 94.5 Å². The van der Waals surface area contributed by atoms with E-state index in [4.69, 9.17) is 4.42 Å². The van der Waals surface area contributed by atoms with Gasteiger partial charge in [-0.2, -0.15) is 13.2 Å². The summed E-state index contributed by atoms with van der Waals surface area (Å²) in [4.78, 5) is 0. The Balaban J connectivity index is 2.22. The largest absolute Gasteiger partial charge is 0.416 e. The highest BCUT2D eigenvalue weighted by Gasteiger charge is 2.30. The molecule has 0 saturated heterocycles. The van der Waals surface area contributed by atoms with Gasteiger partial charge in [0.2, 0.25) is 5.89 Å². The summed E-state index contributed by atoms with van der Waals surface area (Å²) in [7, 11) is 0. The summed E-state index contributed by atoms with van der Waals surface area (Å²) >= 11 is 0. The first kappa shape index (κ1) is 11.4. The van der Waals surface area contributed by atoms with Crippen LogP contribution >= 0.6 is 0 Å². The van der Waals surface area contributed by atoms with E-state index in [0.29, 0.717) is 5.89 Å². The second-order valence-corrected chi connectivity index (χ2v) is 3.33. The van der Waals surface area contributed by atoms with Crippen molar-refractivity contribution in [3.8, 4) is 0 Å². The molecule has 0 fully saturated rings. The lowest BCUT2D eigenvalue weighted by atomic mass is 10.2. The van der Waals surface area contributed by atoms with E-state index in [1.807, 2.05) is 0 Å². The van der Waals surface area contributed by atoms with Gasteiger partial charge in [0.1, 0.15) is 0 Å². The Morgan fingerprint density at radius 1 is 1.24 bits per heavy atom. The minimum absolute atomic E-state index is 0.0572. The van der Waals surface area contributed by atoms with Crippen molar-refractivity contribution >= 4 is 11.7 Å². The molecule has 1 aromatic carbocycles. The highest BCUT2D eigenvalue weighted by Crippen LogP contribution is 2.31. The molecule has 4 nitrogen and oxygen atoms in total. The molecule has 0 spiro atoms. The zero-order valence-corrected chi connectivity index (χ0v) is 8.75. The van der Waals surface area contributed by atoms with Crippen LogP contribution in [-0.2, 0) is 6.18 Å². The Morgan fingerprint density at radius 2 is 2.00 bits per heavy atom. The van der Waals surface area contributed by atoms with Crippen LogP contribution in [0.1, 0.15) is 11.5 Å². The van der Waals surface area contributed by atoms with Crippen LogP contribution < -0.4 is 5.32 Å². The maximum absolute atomic E-state index is 12.4. The van der Waals surface area contributed by atoms with Gasteiger partial charge in [-0.1, -0.05) is 11.2 Å². The molecule has 7 heteroatoms. The Hall–Kier alpha value is -2.05. The number of nitrogens with one attached hydrogen (secondary N) is 1. The molecule has 2 aromatic rings. The van der Waals surface area contributed by atoms with Crippen LogP contribution in [0.25, 0.3) is 0 Å². The van der Waals surface area contributed by atoms with E-state index < -0.39 is 11.7 Å². The fourth-order valence-electron chi connectivity index (χ4n) is 1.24. The van der Waals surface area contributed by atoms with Crippen molar-refractivity contribution in [1.82, 2.24) is 10.2 Å². The monoisotopic (exact) mass is 243 g/mol. The molecule has 0 aliphatic carbocycles. The van der Waals surface area contributed by atoms with Crippen LogP contribution in [-0.4, -0.2) is 10.2 Å². The van der Waals surface area contributed by atoms with Crippen LogP contribution in [0.5, 0.6) is 0 Å². The quantitative estimate of drug-likeness (QED) is 0.880. The summed E-state index contributed by atoms with van der Waals surface area (Å²) in [6, 6.07) is 4.80. The van der Waals surface area contributed by atoms with E-state index >= 15 is 0 Å². The topological polar surface area (TPSA) is 51.0 Å². The Morgan fingerprint density at radius 3 is 2.59 bits per heavy atom. The SMILES string of the molecule is Cc1nnc(Nc2cccc(C(F)(F)F)c2)o1. The second kappa shape index (κ2) is 4.08. The molecule has 90 valence electrons. The van der Waals surface area contributed by atoms with Crippen molar-refractivity contribution in [3.05, 3.63) is 35.7 Å². The summed E-state index contributed by atoms with van der Waals surface area (Å²) in [6.07, 6.45) is -4.37. The molecule has 0 radical (unpaired) electrons. The number of rotatable bonds is 2. The number of aryl methyl sites for hydroxylation is 1. The van der Waals surface area contributed by atoms with E-state index in [1.165, 1.54) is 12.1 Å². The molecule has 1 aromatic heterocycles. The fraction of sp³-hybridized carbons (Fsp3) is 0.200. The van der Waals surface area contributed by atoms with E-state index in [9.17, 15) is 13.2 Å². The van der Waals surface area contributed by atoms with Crippen LogP contribution in [0.3, 0.4) is 0 Å². The van der Waals surface area contributed by atoms with Gasteiger partial charge in [0.25, 0.3) is 0 Å². The predicted molar refractivity (Wildman–Crippen MR) is 53.8 cm³/mol. The third-order valence-corrected chi connectivity index (χ3v) is 1.97. The van der Waals surface area contributed by atoms with Crippen LogP contribution in [0.2, 0.25) is 0 Å². The molecule has 17 heavy (non-hydrogen) atoms. The molecule has 0 amide bonds. The average molecular weight is 243 g/mol. The number of anilines is 2. The predicted octanol–water partition coefficient (Wildman–Crippen LogP) is 3.14. The van der Waals surface area contributed by atoms with Crippen LogP contribution in [0.15, 0.2) is 28.7 Å². The fourth-order valence-corrected chi connectivity index (χ4v) is 1.24. The van der Waals surface area contributed by atoms with Crippen molar-refractivity contribution in [3.63, 3.8) is 0 Å². The summed E-state index contributed by atoms with van der Waals surface area (Å²) in [6.45, 7) is 1.59. The molecular formula is C10H8F3N3O. The lowest BCUT2D eigenvalue weighted by Crippen LogP contribution is -2.05. The molecular weight excluding hydrogens is 235 g/mol. The van der Waals surface area contributed by atoms with E-state index in [1.54, 1.807) is 6.92 Å². The summed E-state index contributed by atoms with van der Waals surface area (Å²) in [5, 5.41) is 9.77. The van der Waals surface area contributed by atoms with Gasteiger partial charge in [-0.25, -0.2) is 0 Å². The van der Waals surface area contributed by atoms with Gasteiger partial charge in [0.15, 0.2) is 0 Å². The van der Waals surface area contributed by atoms with Gasteiger partial charge in [0.05, 0.1) is 5.56 Å². The van der Waals surface area contributed by atoms with Crippen molar-refractivity contribution < 1.29 is 17.6 Å². The highest BCUT2D eigenvalue weighted by molar-refractivity contribution is 5.53. The zero-order chi connectivity index (χ0) is 12.5. The minimum atomic E-state index is -4.37. The number of halogens is 3. The smallest absolute Gasteiger partial charge is 0.408 e. The van der Waals surface area contributed by atoms with Crippen molar-refractivity contribution in [2.24, 2.45) is 0 Å². The Kier molecular flexibility index (Phi) is 2.74.